The Morgan fingerprint density at radius 1 is 1.47 bits per heavy atom. The van der Waals surface area contributed by atoms with E-state index in [-0.39, 0.29) is 18.0 Å². The van der Waals surface area contributed by atoms with E-state index in [1.807, 2.05) is 0 Å². The summed E-state index contributed by atoms with van der Waals surface area (Å²) in [6.45, 7) is 4.98. The van der Waals surface area contributed by atoms with Crippen molar-refractivity contribution in [3.05, 3.63) is 0 Å². The Bertz CT molecular complexity index is 268. The summed E-state index contributed by atoms with van der Waals surface area (Å²) in [5, 5.41) is 0. The third kappa shape index (κ3) is 4.92. The minimum absolute atomic E-state index is 0.000631. The number of hydrogen-bond donors (Lipinski definition) is 0. The minimum Gasteiger partial charge on any atom is -0.376 e. The van der Waals surface area contributed by atoms with E-state index >= 15 is 0 Å². The molecule has 0 N–H and O–H groups in total. The van der Waals surface area contributed by atoms with Crippen molar-refractivity contribution in [1.29, 1.82) is 0 Å². The smallest absolute Gasteiger partial charge is 0.267 e. The van der Waals surface area contributed by atoms with Gasteiger partial charge in [-0.1, -0.05) is 0 Å². The fraction of sp³-hybridized carbons (Fsp3) is 1.00. The standard InChI is InChI=1S/C9H18O5S/c1-3-15(10,11)14-8(2)6-9-7-12-4-5-13-9/h8-9H,3-7H2,1-2H3/t8-,9?/m1/s1. The van der Waals surface area contributed by atoms with Crippen molar-refractivity contribution in [1.82, 2.24) is 0 Å². The molecule has 0 aromatic rings. The van der Waals surface area contributed by atoms with Crippen molar-refractivity contribution in [2.75, 3.05) is 25.6 Å². The van der Waals surface area contributed by atoms with Crippen LogP contribution in [0, 0.1) is 0 Å². The minimum atomic E-state index is -3.37. The van der Waals surface area contributed by atoms with Gasteiger partial charge in [-0.3, -0.25) is 4.18 Å². The second-order valence-electron chi connectivity index (χ2n) is 3.56. The number of hydrogen-bond acceptors (Lipinski definition) is 5. The molecule has 90 valence electrons. The fourth-order valence-electron chi connectivity index (χ4n) is 1.40. The van der Waals surface area contributed by atoms with Crippen LogP contribution >= 0.6 is 0 Å². The zero-order valence-electron chi connectivity index (χ0n) is 9.14. The summed E-state index contributed by atoms with van der Waals surface area (Å²) in [5.74, 6) is -0.000631. The molecule has 0 aromatic carbocycles. The van der Waals surface area contributed by atoms with Crippen LogP contribution in [0.15, 0.2) is 0 Å². The Kier molecular flexibility index (Phi) is 4.98. The lowest BCUT2D eigenvalue weighted by Gasteiger charge is -2.25. The molecule has 0 bridgehead atoms. The van der Waals surface area contributed by atoms with Crippen molar-refractivity contribution in [2.45, 2.75) is 32.5 Å². The predicted molar refractivity (Wildman–Crippen MR) is 55.2 cm³/mol. The van der Waals surface area contributed by atoms with Gasteiger partial charge in [0.1, 0.15) is 0 Å². The lowest BCUT2D eigenvalue weighted by atomic mass is 10.2. The molecule has 1 aliphatic heterocycles. The average Bonchev–Trinajstić information content (AvgIpc) is 2.18. The predicted octanol–water partition coefficient (Wildman–Crippen LogP) is 0.547. The van der Waals surface area contributed by atoms with E-state index in [4.69, 9.17) is 13.7 Å². The van der Waals surface area contributed by atoms with Gasteiger partial charge in [-0.05, 0) is 13.8 Å². The third-order valence-electron chi connectivity index (χ3n) is 2.14. The monoisotopic (exact) mass is 238 g/mol. The topological polar surface area (TPSA) is 61.8 Å². The molecule has 0 spiro atoms. The molecule has 6 heteroatoms. The first-order valence-electron chi connectivity index (χ1n) is 5.14. The largest absolute Gasteiger partial charge is 0.376 e. The second kappa shape index (κ2) is 5.79. The number of rotatable bonds is 5. The van der Waals surface area contributed by atoms with Crippen LogP contribution in [-0.4, -0.2) is 46.2 Å². The average molecular weight is 238 g/mol. The van der Waals surface area contributed by atoms with E-state index in [0.29, 0.717) is 26.2 Å². The Hall–Kier alpha value is -0.170. The van der Waals surface area contributed by atoms with Gasteiger partial charge in [0.15, 0.2) is 0 Å². The van der Waals surface area contributed by atoms with Crippen LogP contribution < -0.4 is 0 Å². The highest BCUT2D eigenvalue weighted by Crippen LogP contribution is 2.12. The van der Waals surface area contributed by atoms with E-state index in [9.17, 15) is 8.42 Å². The Morgan fingerprint density at radius 2 is 2.20 bits per heavy atom. The highest BCUT2D eigenvalue weighted by Gasteiger charge is 2.21. The van der Waals surface area contributed by atoms with Gasteiger partial charge in [0.2, 0.25) is 0 Å². The van der Waals surface area contributed by atoms with E-state index in [0.717, 1.165) is 0 Å². The molecule has 15 heavy (non-hydrogen) atoms. The van der Waals surface area contributed by atoms with Crippen LogP contribution in [0.3, 0.4) is 0 Å². The first kappa shape index (κ1) is 12.9. The molecule has 1 aliphatic rings. The summed E-state index contributed by atoms with van der Waals surface area (Å²) in [4.78, 5) is 0. The van der Waals surface area contributed by atoms with Gasteiger partial charge >= 0.3 is 0 Å². The van der Waals surface area contributed by atoms with Gasteiger partial charge in [0, 0.05) is 6.42 Å². The van der Waals surface area contributed by atoms with Crippen molar-refractivity contribution in [3.8, 4) is 0 Å². The van der Waals surface area contributed by atoms with Crippen LogP contribution in [0.2, 0.25) is 0 Å². The van der Waals surface area contributed by atoms with Crippen LogP contribution in [0.25, 0.3) is 0 Å². The van der Waals surface area contributed by atoms with E-state index < -0.39 is 10.1 Å². The van der Waals surface area contributed by atoms with E-state index in [2.05, 4.69) is 0 Å². The maximum Gasteiger partial charge on any atom is 0.267 e. The van der Waals surface area contributed by atoms with Crippen molar-refractivity contribution < 1.29 is 22.1 Å². The molecule has 0 aromatic heterocycles. The SMILES string of the molecule is CCS(=O)(=O)O[C@H](C)CC1COCCO1. The molecular weight excluding hydrogens is 220 g/mol. The van der Waals surface area contributed by atoms with Crippen LogP contribution in [0.4, 0.5) is 0 Å². The maximum absolute atomic E-state index is 11.2. The summed E-state index contributed by atoms with van der Waals surface area (Å²) in [7, 11) is -3.37. The maximum atomic E-state index is 11.2. The summed E-state index contributed by atoms with van der Waals surface area (Å²) < 4.78 is 37.8. The normalized spacial score (nSPS) is 25.1. The summed E-state index contributed by atoms with van der Waals surface area (Å²) in [6.07, 6.45) is 0.127. The summed E-state index contributed by atoms with van der Waals surface area (Å²) in [5.41, 5.74) is 0. The molecule has 0 amide bonds. The highest BCUT2D eigenvalue weighted by molar-refractivity contribution is 7.86. The Labute approximate surface area is 90.8 Å². The zero-order chi connectivity index (χ0) is 11.3. The van der Waals surface area contributed by atoms with Gasteiger partial charge in [0.05, 0.1) is 37.8 Å². The van der Waals surface area contributed by atoms with Gasteiger partial charge < -0.3 is 9.47 Å². The molecule has 1 saturated heterocycles. The fourth-order valence-corrected chi connectivity index (χ4v) is 2.12. The lowest BCUT2D eigenvalue weighted by Crippen LogP contribution is -2.32. The molecule has 0 radical (unpaired) electrons. The zero-order valence-corrected chi connectivity index (χ0v) is 9.96. The third-order valence-corrected chi connectivity index (χ3v) is 3.47. The first-order chi connectivity index (χ1) is 7.03. The van der Waals surface area contributed by atoms with E-state index in [1.54, 1.807) is 13.8 Å². The Morgan fingerprint density at radius 3 is 2.73 bits per heavy atom. The molecule has 0 saturated carbocycles. The van der Waals surface area contributed by atoms with Gasteiger partial charge in [-0.2, -0.15) is 8.42 Å². The Balaban J connectivity index is 2.31. The van der Waals surface area contributed by atoms with Gasteiger partial charge in [0.25, 0.3) is 10.1 Å². The van der Waals surface area contributed by atoms with Crippen molar-refractivity contribution in [3.63, 3.8) is 0 Å². The molecular formula is C9H18O5S. The lowest BCUT2D eigenvalue weighted by molar-refractivity contribution is -0.0985. The van der Waals surface area contributed by atoms with Crippen LogP contribution in [0.5, 0.6) is 0 Å². The molecule has 1 heterocycles. The van der Waals surface area contributed by atoms with Gasteiger partial charge in [-0.15, -0.1) is 0 Å². The number of ether oxygens (including phenoxy) is 2. The van der Waals surface area contributed by atoms with Gasteiger partial charge in [-0.25, -0.2) is 0 Å². The first-order valence-corrected chi connectivity index (χ1v) is 6.71. The summed E-state index contributed by atoms with van der Waals surface area (Å²) in [6, 6.07) is 0. The molecule has 1 fully saturated rings. The molecule has 1 unspecified atom stereocenters. The van der Waals surface area contributed by atoms with Crippen LogP contribution in [0.1, 0.15) is 20.3 Å². The quantitative estimate of drug-likeness (QED) is 0.654. The van der Waals surface area contributed by atoms with Crippen molar-refractivity contribution >= 4 is 10.1 Å². The van der Waals surface area contributed by atoms with E-state index in [1.165, 1.54) is 0 Å². The molecule has 5 nitrogen and oxygen atoms in total. The molecule has 2 atom stereocenters. The molecule has 1 rings (SSSR count). The highest BCUT2D eigenvalue weighted by atomic mass is 32.2. The second-order valence-corrected chi connectivity index (χ2v) is 5.44. The summed E-state index contributed by atoms with van der Waals surface area (Å²) >= 11 is 0. The van der Waals surface area contributed by atoms with Crippen molar-refractivity contribution in [2.24, 2.45) is 0 Å². The van der Waals surface area contributed by atoms with Crippen LogP contribution in [-0.2, 0) is 23.8 Å². The molecule has 0 aliphatic carbocycles.